The average Bonchev–Trinajstić information content (AvgIpc) is 3.16. The Labute approximate surface area is 183 Å². The number of nitrogens with zero attached hydrogens (tertiary/aromatic N) is 2. The first kappa shape index (κ1) is 22.7. The van der Waals surface area contributed by atoms with Gasteiger partial charge in [-0.2, -0.15) is 0 Å². The fourth-order valence-corrected chi connectivity index (χ4v) is 3.96. The zero-order valence-corrected chi connectivity index (χ0v) is 18.4. The number of aliphatic hydroxyl groups excluding tert-OH is 1. The lowest BCUT2D eigenvalue weighted by molar-refractivity contribution is -0.00458. The Morgan fingerprint density at radius 1 is 1.19 bits per heavy atom. The van der Waals surface area contributed by atoms with E-state index in [1.54, 1.807) is 35.5 Å². The van der Waals surface area contributed by atoms with Crippen LogP contribution in [0, 0.1) is 0 Å². The molecule has 2 heterocycles. The Hall–Kier alpha value is -2.93. The topological polar surface area (TPSA) is 89.0 Å². The second-order valence-electron chi connectivity index (χ2n) is 8.81. The van der Waals surface area contributed by atoms with Gasteiger partial charge in [-0.15, -0.1) is 0 Å². The Morgan fingerprint density at radius 2 is 1.90 bits per heavy atom. The van der Waals surface area contributed by atoms with Gasteiger partial charge in [0, 0.05) is 24.0 Å². The minimum absolute atomic E-state index is 0.129. The van der Waals surface area contributed by atoms with E-state index in [1.165, 1.54) is 7.11 Å². The molecule has 1 saturated heterocycles. The molecule has 1 aromatic heterocycles. The van der Waals surface area contributed by atoms with E-state index in [4.69, 9.17) is 9.47 Å². The summed E-state index contributed by atoms with van der Waals surface area (Å²) in [6.07, 6.45) is 3.97. The monoisotopic (exact) mass is 426 g/mol. The molecule has 1 N–H and O–H groups in total. The molecule has 3 atom stereocenters. The summed E-state index contributed by atoms with van der Waals surface area (Å²) < 4.78 is 10.4. The van der Waals surface area contributed by atoms with Crippen molar-refractivity contribution in [3.8, 4) is 0 Å². The van der Waals surface area contributed by atoms with E-state index in [1.807, 2.05) is 39.0 Å². The number of methoxy groups -OCH3 is 1. The second-order valence-corrected chi connectivity index (χ2v) is 8.81. The zero-order valence-electron chi connectivity index (χ0n) is 18.4. The third-order valence-corrected chi connectivity index (χ3v) is 5.39. The van der Waals surface area contributed by atoms with Gasteiger partial charge in [-0.1, -0.05) is 18.2 Å². The molecular formula is C24H30N2O5. The van der Waals surface area contributed by atoms with Crippen LogP contribution in [0.25, 0.3) is 0 Å². The quantitative estimate of drug-likeness (QED) is 0.729. The molecule has 0 radical (unpaired) electrons. The van der Waals surface area contributed by atoms with Crippen molar-refractivity contribution in [2.45, 2.75) is 63.8 Å². The van der Waals surface area contributed by atoms with Crippen molar-refractivity contribution >= 4 is 12.1 Å². The number of hydrogen-bond acceptors (Lipinski definition) is 6. The normalized spacial score (nSPS) is 19.7. The van der Waals surface area contributed by atoms with Gasteiger partial charge >= 0.3 is 12.1 Å². The molecule has 7 nitrogen and oxygen atoms in total. The molecule has 166 valence electrons. The SMILES string of the molecule is COC(=O)c1ccc(C[C@@H]2CC[C@H]([C@H](O)c3cccnc3)N2C(=O)OC(C)(C)C)cc1. The van der Waals surface area contributed by atoms with Gasteiger partial charge in [-0.05, 0) is 63.8 Å². The molecule has 2 aromatic rings. The Morgan fingerprint density at radius 3 is 2.48 bits per heavy atom. The maximum Gasteiger partial charge on any atom is 0.410 e. The first-order chi connectivity index (χ1) is 14.7. The lowest BCUT2D eigenvalue weighted by Gasteiger charge is -2.34. The molecule has 0 unspecified atom stereocenters. The highest BCUT2D eigenvalue weighted by molar-refractivity contribution is 5.89. The molecule has 0 spiro atoms. The van der Waals surface area contributed by atoms with Crippen LogP contribution in [0.5, 0.6) is 0 Å². The van der Waals surface area contributed by atoms with E-state index in [-0.39, 0.29) is 12.0 Å². The van der Waals surface area contributed by atoms with Gasteiger partial charge in [-0.3, -0.25) is 9.88 Å². The highest BCUT2D eigenvalue weighted by Crippen LogP contribution is 2.35. The second kappa shape index (κ2) is 9.47. The number of ether oxygens (including phenoxy) is 2. The van der Waals surface area contributed by atoms with Crippen molar-refractivity contribution in [2.24, 2.45) is 0 Å². The predicted octanol–water partition coefficient (Wildman–Crippen LogP) is 3.91. The highest BCUT2D eigenvalue weighted by atomic mass is 16.6. The maximum absolute atomic E-state index is 13.1. The molecule has 0 bridgehead atoms. The van der Waals surface area contributed by atoms with E-state index in [9.17, 15) is 14.7 Å². The number of aliphatic hydroxyl groups is 1. The summed E-state index contributed by atoms with van der Waals surface area (Å²) in [5.74, 6) is -0.387. The van der Waals surface area contributed by atoms with Crippen LogP contribution in [-0.2, 0) is 15.9 Å². The maximum atomic E-state index is 13.1. The summed E-state index contributed by atoms with van der Waals surface area (Å²) in [4.78, 5) is 30.5. The fourth-order valence-electron chi connectivity index (χ4n) is 3.96. The highest BCUT2D eigenvalue weighted by Gasteiger charge is 2.43. The number of esters is 1. The Balaban J connectivity index is 1.82. The van der Waals surface area contributed by atoms with Crippen LogP contribution in [0.1, 0.15) is 61.2 Å². The number of likely N-dealkylation sites (tertiary alicyclic amines) is 1. The van der Waals surface area contributed by atoms with Crippen molar-refractivity contribution in [3.05, 3.63) is 65.5 Å². The lowest BCUT2D eigenvalue weighted by Crippen LogP contribution is -2.47. The van der Waals surface area contributed by atoms with E-state index in [0.29, 0.717) is 24.0 Å². The summed E-state index contributed by atoms with van der Waals surface area (Å²) in [6.45, 7) is 5.48. The summed E-state index contributed by atoms with van der Waals surface area (Å²) >= 11 is 0. The molecule has 31 heavy (non-hydrogen) atoms. The van der Waals surface area contributed by atoms with Gasteiger partial charge in [0.05, 0.1) is 18.7 Å². The number of aromatic nitrogens is 1. The van der Waals surface area contributed by atoms with Crippen LogP contribution < -0.4 is 0 Å². The van der Waals surface area contributed by atoms with Crippen molar-refractivity contribution in [3.63, 3.8) is 0 Å². The van der Waals surface area contributed by atoms with Crippen LogP contribution in [0.3, 0.4) is 0 Å². The van der Waals surface area contributed by atoms with Gasteiger partial charge in [-0.25, -0.2) is 9.59 Å². The van der Waals surface area contributed by atoms with Crippen molar-refractivity contribution in [2.75, 3.05) is 7.11 Å². The summed E-state index contributed by atoms with van der Waals surface area (Å²) in [5, 5.41) is 11.0. The van der Waals surface area contributed by atoms with E-state index in [0.717, 1.165) is 12.0 Å². The largest absolute Gasteiger partial charge is 0.465 e. The van der Waals surface area contributed by atoms with E-state index < -0.39 is 23.8 Å². The first-order valence-corrected chi connectivity index (χ1v) is 10.5. The number of carbonyl (C=O) groups excluding carboxylic acids is 2. The minimum Gasteiger partial charge on any atom is -0.465 e. The molecule has 1 amide bonds. The molecule has 1 aromatic carbocycles. The van der Waals surface area contributed by atoms with Gasteiger partial charge in [0.2, 0.25) is 0 Å². The number of pyridine rings is 1. The van der Waals surface area contributed by atoms with E-state index in [2.05, 4.69) is 4.98 Å². The molecule has 1 aliphatic rings. The number of carbonyl (C=O) groups is 2. The standard InChI is InChI=1S/C24H30N2O5/c1-24(2,3)31-23(29)26-19(14-16-7-9-17(10-8-16)22(28)30-4)11-12-20(26)21(27)18-6-5-13-25-15-18/h5-10,13,15,19-21,27H,11-12,14H2,1-4H3/t19-,20+,21+/m0/s1. The van der Waals surface area contributed by atoms with Crippen molar-refractivity contribution in [1.29, 1.82) is 0 Å². The lowest BCUT2D eigenvalue weighted by atomic mass is 10.0. The van der Waals surface area contributed by atoms with Crippen molar-refractivity contribution in [1.82, 2.24) is 9.88 Å². The van der Waals surface area contributed by atoms with Gasteiger partial charge in [0.1, 0.15) is 11.7 Å². The molecular weight excluding hydrogens is 396 g/mol. The predicted molar refractivity (Wildman–Crippen MR) is 116 cm³/mol. The van der Waals surface area contributed by atoms with Crippen LogP contribution >= 0.6 is 0 Å². The minimum atomic E-state index is -0.854. The molecule has 1 fully saturated rings. The summed E-state index contributed by atoms with van der Waals surface area (Å²) in [7, 11) is 1.35. The third-order valence-electron chi connectivity index (χ3n) is 5.39. The zero-order chi connectivity index (χ0) is 22.6. The fraction of sp³-hybridized carbons (Fsp3) is 0.458. The average molecular weight is 427 g/mol. The van der Waals surface area contributed by atoms with Crippen LogP contribution in [-0.4, -0.2) is 51.8 Å². The van der Waals surface area contributed by atoms with E-state index >= 15 is 0 Å². The van der Waals surface area contributed by atoms with Gasteiger partial charge in [0.25, 0.3) is 0 Å². The Bertz CT molecular complexity index is 892. The molecule has 0 aliphatic carbocycles. The van der Waals surface area contributed by atoms with Gasteiger partial charge < -0.3 is 14.6 Å². The summed E-state index contributed by atoms with van der Waals surface area (Å²) in [5.41, 5.74) is 1.49. The van der Waals surface area contributed by atoms with Gasteiger partial charge in [0.15, 0.2) is 0 Å². The smallest absolute Gasteiger partial charge is 0.410 e. The van der Waals surface area contributed by atoms with Crippen molar-refractivity contribution < 1.29 is 24.2 Å². The number of hydrogen-bond donors (Lipinski definition) is 1. The van der Waals surface area contributed by atoms with Crippen LogP contribution in [0.4, 0.5) is 4.79 Å². The van der Waals surface area contributed by atoms with Crippen LogP contribution in [0.15, 0.2) is 48.8 Å². The third kappa shape index (κ3) is 5.61. The molecule has 3 rings (SSSR count). The Kier molecular flexibility index (Phi) is 6.95. The van der Waals surface area contributed by atoms with Crippen LogP contribution in [0.2, 0.25) is 0 Å². The molecule has 7 heteroatoms. The number of benzene rings is 1. The summed E-state index contributed by atoms with van der Waals surface area (Å²) in [6, 6.07) is 10.2. The number of amides is 1. The molecule has 1 aliphatic heterocycles. The first-order valence-electron chi connectivity index (χ1n) is 10.5. The number of rotatable bonds is 5. The molecule has 0 saturated carbocycles.